The van der Waals surface area contributed by atoms with Crippen LogP contribution in [0.1, 0.15) is 33.3 Å². The molecule has 0 saturated heterocycles. The highest BCUT2D eigenvalue weighted by atomic mass is 16.6. The molecule has 19 heavy (non-hydrogen) atoms. The van der Waals surface area contributed by atoms with Crippen LogP contribution < -0.4 is 0 Å². The molecule has 0 spiro atoms. The second-order valence-corrected chi connectivity index (χ2v) is 4.79. The van der Waals surface area contributed by atoms with Crippen LogP contribution >= 0.6 is 0 Å². The molecule has 1 unspecified atom stereocenters. The molecule has 4 heteroatoms. The maximum atomic E-state index is 12.2. The molecule has 1 atom stereocenters. The number of ether oxygens (including phenoxy) is 2. The molecule has 4 nitrogen and oxygen atoms in total. The highest BCUT2D eigenvalue weighted by molar-refractivity contribution is 5.85. The molecule has 0 bridgehead atoms. The number of hydrogen-bond acceptors (Lipinski definition) is 4. The van der Waals surface area contributed by atoms with E-state index in [-0.39, 0.29) is 6.61 Å². The van der Waals surface area contributed by atoms with E-state index in [1.54, 1.807) is 20.8 Å². The van der Waals surface area contributed by atoms with Crippen LogP contribution in [0.15, 0.2) is 30.3 Å². The van der Waals surface area contributed by atoms with Crippen molar-refractivity contribution in [3.05, 3.63) is 35.9 Å². The quantitative estimate of drug-likeness (QED) is 0.767. The summed E-state index contributed by atoms with van der Waals surface area (Å²) in [7, 11) is 0. The van der Waals surface area contributed by atoms with Crippen LogP contribution in [0, 0.1) is 0 Å². The second kappa shape index (κ2) is 6.36. The van der Waals surface area contributed by atoms with Gasteiger partial charge in [-0.25, -0.2) is 4.79 Å². The molecular formula is C15H20O4. The molecule has 0 heterocycles. The van der Waals surface area contributed by atoms with Crippen molar-refractivity contribution in [1.82, 2.24) is 0 Å². The van der Waals surface area contributed by atoms with E-state index in [1.165, 1.54) is 6.92 Å². The minimum absolute atomic E-state index is 0.267. The number of esters is 2. The molecular weight excluding hydrogens is 244 g/mol. The van der Waals surface area contributed by atoms with Crippen molar-refractivity contribution >= 4 is 11.9 Å². The van der Waals surface area contributed by atoms with E-state index >= 15 is 0 Å². The molecule has 0 aliphatic rings. The van der Waals surface area contributed by atoms with Crippen molar-refractivity contribution in [2.75, 3.05) is 6.61 Å². The third kappa shape index (κ3) is 3.81. The summed E-state index contributed by atoms with van der Waals surface area (Å²) in [4.78, 5) is 23.6. The lowest BCUT2D eigenvalue weighted by molar-refractivity contribution is -0.169. The third-order valence-electron chi connectivity index (χ3n) is 2.91. The second-order valence-electron chi connectivity index (χ2n) is 4.79. The van der Waals surface area contributed by atoms with Crippen molar-refractivity contribution < 1.29 is 19.1 Å². The van der Waals surface area contributed by atoms with Gasteiger partial charge in [0, 0.05) is 0 Å². The summed E-state index contributed by atoms with van der Waals surface area (Å²) in [5.41, 5.74) is 0.0400. The van der Waals surface area contributed by atoms with Gasteiger partial charge in [0.15, 0.2) is 6.10 Å². The summed E-state index contributed by atoms with van der Waals surface area (Å²) < 4.78 is 9.98. The van der Waals surface area contributed by atoms with Crippen molar-refractivity contribution in [3.63, 3.8) is 0 Å². The monoisotopic (exact) mass is 264 g/mol. The van der Waals surface area contributed by atoms with E-state index in [0.717, 1.165) is 5.56 Å². The zero-order valence-corrected chi connectivity index (χ0v) is 11.8. The van der Waals surface area contributed by atoms with E-state index in [1.807, 2.05) is 30.3 Å². The van der Waals surface area contributed by atoms with E-state index < -0.39 is 23.5 Å². The lowest BCUT2D eigenvalue weighted by atomic mass is 9.85. The number of carbonyl (C=O) groups is 2. The van der Waals surface area contributed by atoms with E-state index in [4.69, 9.17) is 9.47 Å². The fraction of sp³-hybridized carbons (Fsp3) is 0.467. The van der Waals surface area contributed by atoms with Gasteiger partial charge < -0.3 is 9.47 Å². The lowest BCUT2D eigenvalue weighted by Gasteiger charge is -2.24. The van der Waals surface area contributed by atoms with Crippen molar-refractivity contribution in [1.29, 1.82) is 0 Å². The lowest BCUT2D eigenvalue weighted by Crippen LogP contribution is -2.36. The fourth-order valence-electron chi connectivity index (χ4n) is 1.59. The van der Waals surface area contributed by atoms with Crippen LogP contribution in [-0.2, 0) is 24.5 Å². The average molecular weight is 264 g/mol. The Labute approximate surface area is 113 Å². The molecule has 104 valence electrons. The molecule has 0 aromatic heterocycles. The molecule has 0 saturated carbocycles. The van der Waals surface area contributed by atoms with Crippen molar-refractivity contribution in [3.8, 4) is 0 Å². The van der Waals surface area contributed by atoms with Gasteiger partial charge in [0.05, 0.1) is 12.0 Å². The minimum atomic E-state index is -0.893. The molecule has 1 aromatic rings. The van der Waals surface area contributed by atoms with Gasteiger partial charge in [0.25, 0.3) is 0 Å². The van der Waals surface area contributed by atoms with Gasteiger partial charge in [0.1, 0.15) is 0 Å². The van der Waals surface area contributed by atoms with Gasteiger partial charge in [-0.1, -0.05) is 30.3 Å². The summed E-state index contributed by atoms with van der Waals surface area (Å²) in [5.74, 6) is -0.973. The molecule has 1 rings (SSSR count). The van der Waals surface area contributed by atoms with E-state index in [0.29, 0.717) is 0 Å². The van der Waals surface area contributed by atoms with E-state index in [9.17, 15) is 9.59 Å². The third-order valence-corrected chi connectivity index (χ3v) is 2.91. The fourth-order valence-corrected chi connectivity index (χ4v) is 1.59. The first-order valence-corrected chi connectivity index (χ1v) is 6.32. The van der Waals surface area contributed by atoms with Crippen LogP contribution in [0.25, 0.3) is 0 Å². The molecule has 0 aliphatic carbocycles. The minimum Gasteiger partial charge on any atom is -0.463 e. The Hall–Kier alpha value is -1.84. The zero-order valence-electron chi connectivity index (χ0n) is 11.8. The van der Waals surface area contributed by atoms with Crippen molar-refractivity contribution in [2.24, 2.45) is 0 Å². The molecule has 0 amide bonds. The Kier molecular flexibility index (Phi) is 5.10. The van der Waals surface area contributed by atoms with Gasteiger partial charge in [-0.3, -0.25) is 4.79 Å². The standard InChI is InChI=1S/C15H20O4/c1-5-18-13(16)11(2)19-14(17)15(3,4)12-9-7-6-8-10-12/h6-11H,5H2,1-4H3. The normalized spacial score (nSPS) is 12.6. The summed E-state index contributed by atoms with van der Waals surface area (Å²) in [6.07, 6.45) is -0.893. The predicted molar refractivity (Wildman–Crippen MR) is 71.7 cm³/mol. The van der Waals surface area contributed by atoms with E-state index in [2.05, 4.69) is 0 Å². The summed E-state index contributed by atoms with van der Waals surface area (Å²) in [5, 5.41) is 0. The van der Waals surface area contributed by atoms with Gasteiger partial charge in [-0.15, -0.1) is 0 Å². The largest absolute Gasteiger partial charge is 0.463 e. The van der Waals surface area contributed by atoms with Gasteiger partial charge in [0.2, 0.25) is 0 Å². The van der Waals surface area contributed by atoms with Crippen LogP contribution in [0.3, 0.4) is 0 Å². The molecule has 1 aromatic carbocycles. The SMILES string of the molecule is CCOC(=O)C(C)OC(=O)C(C)(C)c1ccccc1. The maximum Gasteiger partial charge on any atom is 0.347 e. The zero-order chi connectivity index (χ0) is 14.5. The molecule has 0 N–H and O–H groups in total. The number of hydrogen-bond donors (Lipinski definition) is 0. The van der Waals surface area contributed by atoms with Crippen LogP contribution in [0.5, 0.6) is 0 Å². The molecule has 0 fully saturated rings. The number of rotatable bonds is 5. The Morgan fingerprint density at radius 3 is 2.32 bits per heavy atom. The van der Waals surface area contributed by atoms with Gasteiger partial charge in [-0.2, -0.15) is 0 Å². The Morgan fingerprint density at radius 1 is 1.21 bits per heavy atom. The smallest absolute Gasteiger partial charge is 0.347 e. The van der Waals surface area contributed by atoms with Crippen molar-refractivity contribution in [2.45, 2.75) is 39.2 Å². The summed E-state index contributed by atoms with van der Waals surface area (Å²) in [6.45, 7) is 7.02. The molecule has 0 radical (unpaired) electrons. The average Bonchev–Trinajstić information content (AvgIpc) is 2.39. The van der Waals surface area contributed by atoms with Gasteiger partial charge in [-0.05, 0) is 33.3 Å². The first-order valence-electron chi connectivity index (χ1n) is 6.32. The Morgan fingerprint density at radius 2 is 1.79 bits per heavy atom. The number of carbonyl (C=O) groups excluding carboxylic acids is 2. The first-order chi connectivity index (χ1) is 8.89. The van der Waals surface area contributed by atoms with Crippen LogP contribution in [0.4, 0.5) is 0 Å². The highest BCUT2D eigenvalue weighted by Gasteiger charge is 2.34. The van der Waals surface area contributed by atoms with Crippen LogP contribution in [0.2, 0.25) is 0 Å². The molecule has 0 aliphatic heterocycles. The predicted octanol–water partition coefficient (Wildman–Crippen LogP) is 2.46. The summed E-state index contributed by atoms with van der Waals surface area (Å²) >= 11 is 0. The first kappa shape index (κ1) is 15.2. The summed E-state index contributed by atoms with van der Waals surface area (Å²) in [6, 6.07) is 9.32. The Balaban J connectivity index is 2.75. The van der Waals surface area contributed by atoms with Gasteiger partial charge >= 0.3 is 11.9 Å². The maximum absolute atomic E-state index is 12.2. The number of benzene rings is 1. The van der Waals surface area contributed by atoms with Crippen LogP contribution in [-0.4, -0.2) is 24.6 Å². The highest BCUT2D eigenvalue weighted by Crippen LogP contribution is 2.25. The Bertz CT molecular complexity index is 437. The topological polar surface area (TPSA) is 52.6 Å².